The molecule has 21 heavy (non-hydrogen) atoms. The third-order valence-corrected chi connectivity index (χ3v) is 2.87. The molecule has 0 radical (unpaired) electrons. The van der Waals surface area contributed by atoms with Crippen molar-refractivity contribution in [3.05, 3.63) is 54.4 Å². The standard InChI is InChI=1S/C15H18N4O2/c20-13(12-6-2-1-3-7-12)14(21)16-8-4-9-17-15-18-10-5-11-19-15/h1-3,5-7,10-11,13,20H,4,8-9H2,(H,16,21)(H,17,18,19). The molecule has 0 fully saturated rings. The second-order valence-corrected chi connectivity index (χ2v) is 4.46. The Hall–Kier alpha value is -2.47. The van der Waals surface area contributed by atoms with Gasteiger partial charge in [-0.05, 0) is 18.1 Å². The van der Waals surface area contributed by atoms with Crippen LogP contribution in [0.4, 0.5) is 5.95 Å². The Morgan fingerprint density at radius 3 is 2.52 bits per heavy atom. The average molecular weight is 286 g/mol. The van der Waals surface area contributed by atoms with Crippen molar-refractivity contribution in [1.82, 2.24) is 15.3 Å². The lowest BCUT2D eigenvalue weighted by Crippen LogP contribution is -2.30. The first kappa shape index (κ1) is 14.9. The molecule has 0 saturated heterocycles. The fourth-order valence-corrected chi connectivity index (χ4v) is 1.77. The van der Waals surface area contributed by atoms with Gasteiger partial charge in [-0.2, -0.15) is 0 Å². The fourth-order valence-electron chi connectivity index (χ4n) is 1.77. The van der Waals surface area contributed by atoms with Crippen molar-refractivity contribution in [2.75, 3.05) is 18.4 Å². The normalized spacial score (nSPS) is 11.7. The van der Waals surface area contributed by atoms with Crippen LogP contribution in [0.15, 0.2) is 48.8 Å². The molecule has 1 amide bonds. The van der Waals surface area contributed by atoms with Gasteiger partial charge in [0.1, 0.15) is 0 Å². The van der Waals surface area contributed by atoms with E-state index >= 15 is 0 Å². The van der Waals surface area contributed by atoms with E-state index in [9.17, 15) is 9.90 Å². The topological polar surface area (TPSA) is 87.1 Å². The SMILES string of the molecule is O=C(NCCCNc1ncccn1)C(O)c1ccccc1. The summed E-state index contributed by atoms with van der Waals surface area (Å²) in [6.07, 6.45) is 2.91. The predicted molar refractivity (Wildman–Crippen MR) is 79.6 cm³/mol. The number of carbonyl (C=O) groups excluding carboxylic acids is 1. The second kappa shape index (κ2) is 7.96. The summed E-state index contributed by atoms with van der Waals surface area (Å²) in [6.45, 7) is 1.12. The van der Waals surface area contributed by atoms with Crippen LogP contribution in [0.3, 0.4) is 0 Å². The van der Waals surface area contributed by atoms with E-state index in [0.29, 0.717) is 31.0 Å². The molecule has 0 spiro atoms. The third kappa shape index (κ3) is 4.85. The lowest BCUT2D eigenvalue weighted by Gasteiger charge is -2.11. The average Bonchev–Trinajstić information content (AvgIpc) is 2.55. The van der Waals surface area contributed by atoms with Crippen LogP contribution in [0.5, 0.6) is 0 Å². The predicted octanol–water partition coefficient (Wildman–Crippen LogP) is 1.13. The number of rotatable bonds is 7. The molecule has 0 aliphatic heterocycles. The van der Waals surface area contributed by atoms with Crippen molar-refractivity contribution in [1.29, 1.82) is 0 Å². The molecule has 110 valence electrons. The number of benzene rings is 1. The number of aliphatic hydroxyl groups is 1. The second-order valence-electron chi connectivity index (χ2n) is 4.46. The molecule has 1 atom stereocenters. The van der Waals surface area contributed by atoms with Crippen LogP contribution >= 0.6 is 0 Å². The highest BCUT2D eigenvalue weighted by Crippen LogP contribution is 2.11. The van der Waals surface area contributed by atoms with E-state index < -0.39 is 12.0 Å². The van der Waals surface area contributed by atoms with Crippen molar-refractivity contribution in [3.8, 4) is 0 Å². The monoisotopic (exact) mass is 286 g/mol. The molecule has 6 heteroatoms. The van der Waals surface area contributed by atoms with Gasteiger partial charge < -0.3 is 15.7 Å². The van der Waals surface area contributed by atoms with E-state index in [4.69, 9.17) is 0 Å². The van der Waals surface area contributed by atoms with Crippen LogP contribution in [-0.4, -0.2) is 34.1 Å². The Kier molecular flexibility index (Phi) is 5.66. The highest BCUT2D eigenvalue weighted by Gasteiger charge is 2.15. The molecular formula is C15H18N4O2. The highest BCUT2D eigenvalue weighted by atomic mass is 16.3. The maximum Gasteiger partial charge on any atom is 0.253 e. The summed E-state index contributed by atoms with van der Waals surface area (Å²) >= 11 is 0. The third-order valence-electron chi connectivity index (χ3n) is 2.87. The minimum absolute atomic E-state index is 0.392. The molecular weight excluding hydrogens is 268 g/mol. The van der Waals surface area contributed by atoms with Crippen molar-refractivity contribution in [3.63, 3.8) is 0 Å². The number of aromatic nitrogens is 2. The Morgan fingerprint density at radius 1 is 1.10 bits per heavy atom. The summed E-state index contributed by atoms with van der Waals surface area (Å²) in [7, 11) is 0. The van der Waals surface area contributed by atoms with Gasteiger partial charge in [-0.25, -0.2) is 9.97 Å². The van der Waals surface area contributed by atoms with E-state index in [0.717, 1.165) is 0 Å². The number of hydrogen-bond donors (Lipinski definition) is 3. The molecule has 0 aliphatic rings. The molecule has 1 unspecified atom stereocenters. The minimum Gasteiger partial charge on any atom is -0.378 e. The van der Waals surface area contributed by atoms with Crippen LogP contribution in [0.2, 0.25) is 0 Å². The number of anilines is 1. The van der Waals surface area contributed by atoms with Crippen LogP contribution in [0, 0.1) is 0 Å². The molecule has 0 bridgehead atoms. The maximum atomic E-state index is 11.8. The van der Waals surface area contributed by atoms with Gasteiger partial charge in [0.15, 0.2) is 6.10 Å². The first-order valence-electron chi connectivity index (χ1n) is 6.79. The Balaban J connectivity index is 1.65. The van der Waals surface area contributed by atoms with E-state index in [1.165, 1.54) is 0 Å². The van der Waals surface area contributed by atoms with Gasteiger partial charge >= 0.3 is 0 Å². The lowest BCUT2D eigenvalue weighted by atomic mass is 10.1. The van der Waals surface area contributed by atoms with Crippen molar-refractivity contribution < 1.29 is 9.90 Å². The summed E-state index contributed by atoms with van der Waals surface area (Å²) in [5.74, 6) is 0.172. The summed E-state index contributed by atoms with van der Waals surface area (Å²) in [6, 6.07) is 10.6. The maximum absolute atomic E-state index is 11.8. The van der Waals surface area contributed by atoms with Crippen LogP contribution in [-0.2, 0) is 4.79 Å². The first-order valence-corrected chi connectivity index (χ1v) is 6.79. The van der Waals surface area contributed by atoms with Gasteiger partial charge in [0, 0.05) is 25.5 Å². The first-order chi connectivity index (χ1) is 10.3. The number of aliphatic hydroxyl groups excluding tert-OH is 1. The van der Waals surface area contributed by atoms with E-state index in [2.05, 4.69) is 20.6 Å². The van der Waals surface area contributed by atoms with E-state index in [1.807, 2.05) is 6.07 Å². The van der Waals surface area contributed by atoms with Gasteiger partial charge in [-0.3, -0.25) is 4.79 Å². The van der Waals surface area contributed by atoms with Crippen molar-refractivity contribution >= 4 is 11.9 Å². The number of nitrogens with zero attached hydrogens (tertiary/aromatic N) is 2. The van der Waals surface area contributed by atoms with Crippen molar-refractivity contribution in [2.24, 2.45) is 0 Å². The number of carbonyl (C=O) groups is 1. The van der Waals surface area contributed by atoms with Crippen LogP contribution < -0.4 is 10.6 Å². The zero-order chi connectivity index (χ0) is 14.9. The van der Waals surface area contributed by atoms with Gasteiger partial charge in [-0.15, -0.1) is 0 Å². The van der Waals surface area contributed by atoms with Gasteiger partial charge in [0.2, 0.25) is 5.95 Å². The Morgan fingerprint density at radius 2 is 1.81 bits per heavy atom. The summed E-state index contributed by atoms with van der Waals surface area (Å²) in [4.78, 5) is 19.8. The van der Waals surface area contributed by atoms with E-state index in [-0.39, 0.29) is 0 Å². The molecule has 6 nitrogen and oxygen atoms in total. The van der Waals surface area contributed by atoms with Gasteiger partial charge in [0.25, 0.3) is 5.91 Å². The largest absolute Gasteiger partial charge is 0.378 e. The van der Waals surface area contributed by atoms with Gasteiger partial charge in [0.05, 0.1) is 0 Å². The smallest absolute Gasteiger partial charge is 0.253 e. The van der Waals surface area contributed by atoms with Crippen LogP contribution in [0.25, 0.3) is 0 Å². The highest BCUT2D eigenvalue weighted by molar-refractivity contribution is 5.81. The Bertz CT molecular complexity index is 548. The molecule has 1 heterocycles. The molecule has 2 aromatic rings. The molecule has 0 aliphatic carbocycles. The number of amides is 1. The summed E-state index contributed by atoms with van der Waals surface area (Å²) < 4.78 is 0. The zero-order valence-electron chi connectivity index (χ0n) is 11.6. The molecule has 0 saturated carbocycles. The van der Waals surface area contributed by atoms with Gasteiger partial charge in [-0.1, -0.05) is 30.3 Å². The lowest BCUT2D eigenvalue weighted by molar-refractivity contribution is -0.129. The summed E-state index contributed by atoms with van der Waals surface area (Å²) in [5.41, 5.74) is 0.589. The zero-order valence-corrected chi connectivity index (χ0v) is 11.6. The summed E-state index contributed by atoms with van der Waals surface area (Å²) in [5, 5.41) is 15.6. The molecule has 1 aromatic carbocycles. The Labute approximate surface area is 123 Å². The molecule has 3 N–H and O–H groups in total. The molecule has 1 aromatic heterocycles. The van der Waals surface area contributed by atoms with E-state index in [1.54, 1.807) is 42.7 Å². The quantitative estimate of drug-likeness (QED) is 0.664. The number of hydrogen-bond acceptors (Lipinski definition) is 5. The molecule has 2 rings (SSSR count). The van der Waals surface area contributed by atoms with Crippen molar-refractivity contribution in [2.45, 2.75) is 12.5 Å². The minimum atomic E-state index is -1.13. The fraction of sp³-hybridized carbons (Fsp3) is 0.267. The number of nitrogens with one attached hydrogen (secondary N) is 2. The van der Waals surface area contributed by atoms with Crippen LogP contribution in [0.1, 0.15) is 18.1 Å².